The highest BCUT2D eigenvalue weighted by Crippen LogP contribution is 2.32. The highest BCUT2D eigenvalue weighted by atomic mass is 32.1. The number of piperidine rings is 2. The van der Waals surface area contributed by atoms with E-state index in [2.05, 4.69) is 34.8 Å². The van der Waals surface area contributed by atoms with Crippen LogP contribution in [0.3, 0.4) is 0 Å². The standard InChI is InChI=1S/C16H31N3OS/c1-3-17-15(12-21)16(20)19-10-6-14(7-11-19)13-4-8-18(2)9-5-13/h13-15,17,21H,3-12H2,1-2H3/t15-/m1/s1. The molecule has 2 fully saturated rings. The zero-order valence-corrected chi connectivity index (χ0v) is 14.4. The maximum absolute atomic E-state index is 12.5. The third-order valence-electron chi connectivity index (χ3n) is 5.21. The molecule has 0 aromatic carbocycles. The Bertz CT molecular complexity index is 323. The Balaban J connectivity index is 1.78. The molecule has 0 aromatic rings. The van der Waals surface area contributed by atoms with Crippen LogP contribution in [-0.2, 0) is 4.79 Å². The number of likely N-dealkylation sites (N-methyl/N-ethyl adjacent to an activating group) is 1. The predicted octanol–water partition coefficient (Wildman–Crippen LogP) is 1.47. The lowest BCUT2D eigenvalue weighted by Crippen LogP contribution is -2.50. The maximum atomic E-state index is 12.5. The number of likely N-dealkylation sites (tertiary alicyclic amines) is 2. The largest absolute Gasteiger partial charge is 0.341 e. The highest BCUT2D eigenvalue weighted by Gasteiger charge is 2.31. The van der Waals surface area contributed by atoms with Crippen molar-refractivity contribution in [1.82, 2.24) is 15.1 Å². The van der Waals surface area contributed by atoms with Crippen molar-refractivity contribution in [2.75, 3.05) is 45.5 Å². The number of amides is 1. The van der Waals surface area contributed by atoms with Gasteiger partial charge in [-0.2, -0.15) is 12.6 Å². The molecule has 21 heavy (non-hydrogen) atoms. The molecule has 2 aliphatic rings. The van der Waals surface area contributed by atoms with Crippen molar-refractivity contribution in [3.8, 4) is 0 Å². The Morgan fingerprint density at radius 3 is 2.14 bits per heavy atom. The minimum atomic E-state index is -0.113. The molecule has 0 bridgehead atoms. The second-order valence-electron chi connectivity index (χ2n) is 6.60. The highest BCUT2D eigenvalue weighted by molar-refractivity contribution is 7.80. The molecule has 1 atom stereocenters. The van der Waals surface area contributed by atoms with Crippen molar-refractivity contribution in [3.05, 3.63) is 0 Å². The van der Waals surface area contributed by atoms with Crippen LogP contribution in [0.15, 0.2) is 0 Å². The van der Waals surface area contributed by atoms with Gasteiger partial charge in [-0.25, -0.2) is 0 Å². The summed E-state index contributed by atoms with van der Waals surface area (Å²) in [6.45, 7) is 7.22. The van der Waals surface area contributed by atoms with E-state index in [0.717, 1.165) is 31.5 Å². The van der Waals surface area contributed by atoms with E-state index >= 15 is 0 Å². The monoisotopic (exact) mass is 313 g/mol. The summed E-state index contributed by atoms with van der Waals surface area (Å²) in [7, 11) is 2.22. The topological polar surface area (TPSA) is 35.6 Å². The van der Waals surface area contributed by atoms with E-state index < -0.39 is 0 Å². The van der Waals surface area contributed by atoms with E-state index in [9.17, 15) is 4.79 Å². The quantitative estimate of drug-likeness (QED) is 0.755. The van der Waals surface area contributed by atoms with Crippen LogP contribution in [0, 0.1) is 11.8 Å². The van der Waals surface area contributed by atoms with E-state index in [0.29, 0.717) is 5.75 Å². The number of hydrogen-bond donors (Lipinski definition) is 2. The van der Waals surface area contributed by atoms with Crippen LogP contribution >= 0.6 is 12.6 Å². The Labute approximate surface area is 135 Å². The lowest BCUT2D eigenvalue weighted by atomic mass is 9.79. The molecular weight excluding hydrogens is 282 g/mol. The Hall–Kier alpha value is -0.260. The van der Waals surface area contributed by atoms with Crippen molar-refractivity contribution in [1.29, 1.82) is 0 Å². The molecule has 1 amide bonds. The second-order valence-corrected chi connectivity index (χ2v) is 6.96. The SMILES string of the molecule is CCN[C@H](CS)C(=O)N1CCC(C2CCN(C)CC2)CC1. The fourth-order valence-electron chi connectivity index (χ4n) is 3.79. The summed E-state index contributed by atoms with van der Waals surface area (Å²) in [5.41, 5.74) is 0. The van der Waals surface area contributed by atoms with Crippen LogP contribution in [0.2, 0.25) is 0 Å². The summed E-state index contributed by atoms with van der Waals surface area (Å²) in [4.78, 5) is 16.9. The molecule has 2 aliphatic heterocycles. The number of rotatable bonds is 5. The number of hydrogen-bond acceptors (Lipinski definition) is 4. The summed E-state index contributed by atoms with van der Waals surface area (Å²) >= 11 is 4.30. The smallest absolute Gasteiger partial charge is 0.240 e. The van der Waals surface area contributed by atoms with Crippen LogP contribution in [0.5, 0.6) is 0 Å². The molecule has 122 valence electrons. The molecule has 2 saturated heterocycles. The fraction of sp³-hybridized carbons (Fsp3) is 0.938. The summed E-state index contributed by atoms with van der Waals surface area (Å²) in [5.74, 6) is 2.54. The van der Waals surface area contributed by atoms with Gasteiger partial charge in [-0.15, -0.1) is 0 Å². The van der Waals surface area contributed by atoms with Crippen LogP contribution in [0.25, 0.3) is 0 Å². The van der Waals surface area contributed by atoms with Crippen LogP contribution in [-0.4, -0.2) is 67.3 Å². The van der Waals surface area contributed by atoms with Gasteiger partial charge in [0.05, 0.1) is 6.04 Å². The zero-order chi connectivity index (χ0) is 15.2. The zero-order valence-electron chi connectivity index (χ0n) is 13.6. The molecule has 0 aromatic heterocycles. The van der Waals surface area contributed by atoms with Gasteiger partial charge in [0.2, 0.25) is 5.91 Å². The summed E-state index contributed by atoms with van der Waals surface area (Å²) in [6, 6.07) is -0.113. The van der Waals surface area contributed by atoms with Crippen molar-refractivity contribution in [2.24, 2.45) is 11.8 Å². The van der Waals surface area contributed by atoms with E-state index in [1.807, 2.05) is 6.92 Å². The Kier molecular flexibility index (Phi) is 6.83. The minimum Gasteiger partial charge on any atom is -0.341 e. The predicted molar refractivity (Wildman–Crippen MR) is 90.8 cm³/mol. The van der Waals surface area contributed by atoms with Crippen LogP contribution < -0.4 is 5.32 Å². The molecule has 0 saturated carbocycles. The number of nitrogens with one attached hydrogen (secondary N) is 1. The van der Waals surface area contributed by atoms with Gasteiger partial charge < -0.3 is 15.1 Å². The normalized spacial score (nSPS) is 24.2. The third kappa shape index (κ3) is 4.60. The summed E-state index contributed by atoms with van der Waals surface area (Å²) in [5, 5.41) is 3.24. The molecular formula is C16H31N3OS. The average Bonchev–Trinajstić information content (AvgIpc) is 2.53. The summed E-state index contributed by atoms with van der Waals surface area (Å²) in [6.07, 6.45) is 5.05. The average molecular weight is 314 g/mol. The molecule has 0 aliphatic carbocycles. The third-order valence-corrected chi connectivity index (χ3v) is 5.58. The lowest BCUT2D eigenvalue weighted by Gasteiger charge is -2.40. The number of nitrogens with zero attached hydrogens (tertiary/aromatic N) is 2. The molecule has 5 heteroatoms. The first-order valence-electron chi connectivity index (χ1n) is 8.47. The van der Waals surface area contributed by atoms with Gasteiger partial charge in [0.15, 0.2) is 0 Å². The molecule has 2 heterocycles. The van der Waals surface area contributed by atoms with E-state index in [4.69, 9.17) is 0 Å². The maximum Gasteiger partial charge on any atom is 0.240 e. The van der Waals surface area contributed by atoms with E-state index in [1.165, 1.54) is 38.8 Å². The van der Waals surface area contributed by atoms with Gasteiger partial charge in [-0.3, -0.25) is 4.79 Å². The fourth-order valence-corrected chi connectivity index (χ4v) is 4.07. The van der Waals surface area contributed by atoms with Crippen LogP contribution in [0.4, 0.5) is 0 Å². The first-order chi connectivity index (χ1) is 10.2. The van der Waals surface area contributed by atoms with Crippen molar-refractivity contribution in [2.45, 2.75) is 38.6 Å². The van der Waals surface area contributed by atoms with E-state index in [1.54, 1.807) is 0 Å². The molecule has 0 unspecified atom stereocenters. The first kappa shape index (κ1) is 17.1. The molecule has 0 spiro atoms. The Morgan fingerprint density at radius 1 is 1.14 bits per heavy atom. The molecule has 2 rings (SSSR count). The minimum absolute atomic E-state index is 0.113. The number of carbonyl (C=O) groups is 1. The van der Waals surface area contributed by atoms with Gasteiger partial charge >= 0.3 is 0 Å². The van der Waals surface area contributed by atoms with Crippen molar-refractivity contribution >= 4 is 18.5 Å². The van der Waals surface area contributed by atoms with Gasteiger partial charge in [0.25, 0.3) is 0 Å². The first-order valence-corrected chi connectivity index (χ1v) is 9.10. The van der Waals surface area contributed by atoms with Crippen LogP contribution in [0.1, 0.15) is 32.6 Å². The Morgan fingerprint density at radius 2 is 1.67 bits per heavy atom. The second kappa shape index (κ2) is 8.39. The van der Waals surface area contributed by atoms with E-state index in [-0.39, 0.29) is 11.9 Å². The molecule has 0 radical (unpaired) electrons. The van der Waals surface area contributed by atoms with Crippen molar-refractivity contribution < 1.29 is 4.79 Å². The summed E-state index contributed by atoms with van der Waals surface area (Å²) < 4.78 is 0. The van der Waals surface area contributed by atoms with Gasteiger partial charge in [-0.1, -0.05) is 6.92 Å². The molecule has 1 N–H and O–H groups in total. The number of carbonyl (C=O) groups excluding carboxylic acids is 1. The van der Waals surface area contributed by atoms with Crippen molar-refractivity contribution in [3.63, 3.8) is 0 Å². The van der Waals surface area contributed by atoms with Gasteiger partial charge in [-0.05, 0) is 64.2 Å². The van der Waals surface area contributed by atoms with Gasteiger partial charge in [0, 0.05) is 18.8 Å². The van der Waals surface area contributed by atoms with Gasteiger partial charge in [0.1, 0.15) is 0 Å². The lowest BCUT2D eigenvalue weighted by molar-refractivity contribution is -0.134. The molecule has 4 nitrogen and oxygen atoms in total. The number of thiol groups is 1.